The molecular weight excluding hydrogens is 293 g/mol. The maximum absolute atomic E-state index is 10.6. The minimum atomic E-state index is -1.76. The van der Waals surface area contributed by atoms with Crippen LogP contribution in [0.5, 0.6) is 0 Å². The van der Waals surface area contributed by atoms with Gasteiger partial charge in [-0.05, 0) is 12.8 Å². The van der Waals surface area contributed by atoms with Crippen molar-refractivity contribution in [3.05, 3.63) is 0 Å². The standard InChI is InChI=1S/C6H12INO3S/c1-2-5(8-6(7)9)3-4-12(10)11/h5H,2-4H2,1H3,(H,8,9)(H,10,11). The van der Waals surface area contributed by atoms with E-state index in [1.165, 1.54) is 0 Å². The number of hydrogen-bond acceptors (Lipinski definition) is 2. The van der Waals surface area contributed by atoms with Gasteiger partial charge in [0.25, 0.3) is 3.91 Å². The van der Waals surface area contributed by atoms with Crippen molar-refractivity contribution in [2.45, 2.75) is 25.8 Å². The Hall–Kier alpha value is 0.310. The Kier molecular flexibility index (Phi) is 6.96. The Morgan fingerprint density at radius 3 is 2.67 bits per heavy atom. The lowest BCUT2D eigenvalue weighted by atomic mass is 10.2. The monoisotopic (exact) mass is 305 g/mol. The number of amides is 1. The highest BCUT2D eigenvalue weighted by molar-refractivity contribution is 14.1. The second-order valence-electron chi connectivity index (χ2n) is 2.34. The summed E-state index contributed by atoms with van der Waals surface area (Å²) >= 11 is -0.107. The van der Waals surface area contributed by atoms with Crippen LogP contribution >= 0.6 is 22.6 Å². The van der Waals surface area contributed by atoms with Crippen molar-refractivity contribution >= 4 is 37.6 Å². The van der Waals surface area contributed by atoms with E-state index in [9.17, 15) is 9.00 Å². The first kappa shape index (κ1) is 12.3. The quantitative estimate of drug-likeness (QED) is 0.350. The van der Waals surface area contributed by atoms with Crippen molar-refractivity contribution in [3.63, 3.8) is 0 Å². The molecule has 2 unspecified atom stereocenters. The number of carbonyl (C=O) groups is 1. The van der Waals surface area contributed by atoms with Crippen molar-refractivity contribution in [1.82, 2.24) is 5.32 Å². The van der Waals surface area contributed by atoms with Gasteiger partial charge in [0.1, 0.15) is 0 Å². The molecule has 0 spiro atoms. The summed E-state index contributed by atoms with van der Waals surface area (Å²) in [5.74, 6) is 0.218. The Labute approximate surface area is 87.9 Å². The molecule has 1 amide bonds. The summed E-state index contributed by atoms with van der Waals surface area (Å²) in [6.07, 6.45) is 1.33. The molecule has 0 saturated carbocycles. The van der Waals surface area contributed by atoms with E-state index in [2.05, 4.69) is 5.32 Å². The molecule has 0 fully saturated rings. The van der Waals surface area contributed by atoms with Gasteiger partial charge in [0, 0.05) is 28.6 Å². The summed E-state index contributed by atoms with van der Waals surface area (Å²) in [7, 11) is 0. The summed E-state index contributed by atoms with van der Waals surface area (Å²) in [5.41, 5.74) is 0. The normalized spacial score (nSPS) is 15.2. The van der Waals surface area contributed by atoms with E-state index in [1.54, 1.807) is 22.6 Å². The molecule has 72 valence electrons. The third-order valence-electron chi connectivity index (χ3n) is 1.45. The molecule has 0 saturated heterocycles. The summed E-state index contributed by atoms with van der Waals surface area (Å²) in [6, 6.07) is 0.0190. The zero-order chi connectivity index (χ0) is 9.56. The SMILES string of the molecule is CCC(CCS(=O)O)NC(=O)I. The maximum Gasteiger partial charge on any atom is 0.280 e. The van der Waals surface area contributed by atoms with Crippen LogP contribution in [0.4, 0.5) is 4.79 Å². The van der Waals surface area contributed by atoms with Gasteiger partial charge in [0.2, 0.25) is 0 Å². The van der Waals surface area contributed by atoms with Crippen molar-refractivity contribution in [2.24, 2.45) is 0 Å². The molecule has 2 N–H and O–H groups in total. The summed E-state index contributed by atoms with van der Waals surface area (Å²) in [4.78, 5) is 10.6. The van der Waals surface area contributed by atoms with Crippen LogP contribution in [0.2, 0.25) is 0 Å². The minimum Gasteiger partial charge on any atom is -0.345 e. The summed E-state index contributed by atoms with van der Waals surface area (Å²) in [5, 5.41) is 2.69. The van der Waals surface area contributed by atoms with Crippen molar-refractivity contribution < 1.29 is 13.6 Å². The van der Waals surface area contributed by atoms with Gasteiger partial charge in [-0.3, -0.25) is 4.79 Å². The Morgan fingerprint density at radius 2 is 2.33 bits per heavy atom. The molecule has 0 rings (SSSR count). The van der Waals surface area contributed by atoms with Crippen LogP contribution < -0.4 is 5.32 Å². The van der Waals surface area contributed by atoms with Gasteiger partial charge < -0.3 is 9.87 Å². The van der Waals surface area contributed by atoms with Crippen molar-refractivity contribution in [3.8, 4) is 0 Å². The molecule has 0 aliphatic rings. The molecule has 0 aromatic heterocycles. The molecule has 12 heavy (non-hydrogen) atoms. The molecule has 0 aromatic rings. The van der Waals surface area contributed by atoms with E-state index in [0.29, 0.717) is 6.42 Å². The first-order chi connectivity index (χ1) is 5.56. The zero-order valence-electron chi connectivity index (χ0n) is 6.75. The van der Waals surface area contributed by atoms with E-state index < -0.39 is 11.1 Å². The van der Waals surface area contributed by atoms with E-state index >= 15 is 0 Å². The van der Waals surface area contributed by atoms with Gasteiger partial charge in [0.15, 0.2) is 11.1 Å². The lowest BCUT2D eigenvalue weighted by Crippen LogP contribution is -2.31. The second kappa shape index (κ2) is 6.79. The number of hydrogen-bond donors (Lipinski definition) is 2. The molecule has 6 heteroatoms. The molecular formula is C6H12INO3S. The summed E-state index contributed by atoms with van der Waals surface area (Å²) in [6.45, 7) is 1.93. The molecule has 0 radical (unpaired) electrons. The predicted molar refractivity (Wildman–Crippen MR) is 56.9 cm³/mol. The van der Waals surface area contributed by atoms with E-state index in [-0.39, 0.29) is 15.7 Å². The first-order valence-electron chi connectivity index (χ1n) is 3.59. The highest BCUT2D eigenvalue weighted by Crippen LogP contribution is 2.00. The maximum atomic E-state index is 10.6. The van der Waals surface area contributed by atoms with Gasteiger partial charge in [-0.1, -0.05) is 6.92 Å². The fourth-order valence-electron chi connectivity index (χ4n) is 0.782. The van der Waals surface area contributed by atoms with Crippen LogP contribution in [0.15, 0.2) is 0 Å². The lowest BCUT2D eigenvalue weighted by molar-refractivity contribution is 0.259. The molecule has 0 aromatic carbocycles. The highest BCUT2D eigenvalue weighted by Gasteiger charge is 2.08. The number of rotatable bonds is 5. The van der Waals surface area contributed by atoms with Crippen LogP contribution in [-0.2, 0) is 11.1 Å². The molecule has 4 nitrogen and oxygen atoms in total. The second-order valence-corrected chi connectivity index (χ2v) is 4.37. The van der Waals surface area contributed by atoms with E-state index in [0.717, 1.165) is 6.42 Å². The van der Waals surface area contributed by atoms with Crippen LogP contribution in [0.25, 0.3) is 0 Å². The Morgan fingerprint density at radius 1 is 1.75 bits per heavy atom. The van der Waals surface area contributed by atoms with Crippen molar-refractivity contribution in [1.29, 1.82) is 0 Å². The Balaban J connectivity index is 3.67. The predicted octanol–water partition coefficient (Wildman–Crippen LogP) is 1.52. The topological polar surface area (TPSA) is 66.4 Å². The Bertz CT molecular complexity index is 176. The molecule has 0 aliphatic heterocycles. The highest BCUT2D eigenvalue weighted by atomic mass is 127. The van der Waals surface area contributed by atoms with Crippen LogP contribution in [0.1, 0.15) is 19.8 Å². The minimum absolute atomic E-state index is 0.0190. The van der Waals surface area contributed by atoms with Gasteiger partial charge in [0.05, 0.1) is 5.75 Å². The first-order valence-corrected chi connectivity index (χ1v) is 5.95. The van der Waals surface area contributed by atoms with Gasteiger partial charge >= 0.3 is 0 Å². The largest absolute Gasteiger partial charge is 0.345 e. The van der Waals surface area contributed by atoms with Gasteiger partial charge in [-0.15, -0.1) is 0 Å². The number of halogens is 1. The molecule has 0 aliphatic carbocycles. The van der Waals surface area contributed by atoms with E-state index in [4.69, 9.17) is 4.55 Å². The molecule has 2 atom stereocenters. The van der Waals surface area contributed by atoms with Gasteiger partial charge in [-0.25, -0.2) is 4.21 Å². The zero-order valence-corrected chi connectivity index (χ0v) is 9.72. The smallest absolute Gasteiger partial charge is 0.280 e. The average molecular weight is 305 g/mol. The van der Waals surface area contributed by atoms with Crippen molar-refractivity contribution in [2.75, 3.05) is 5.75 Å². The average Bonchev–Trinajstić information content (AvgIpc) is 1.97. The lowest BCUT2D eigenvalue weighted by Gasteiger charge is -2.13. The van der Waals surface area contributed by atoms with Crippen LogP contribution in [0, 0.1) is 0 Å². The molecule has 0 bridgehead atoms. The van der Waals surface area contributed by atoms with Gasteiger partial charge in [-0.2, -0.15) is 0 Å². The number of carbonyl (C=O) groups excluding carboxylic acids is 1. The fourth-order valence-corrected chi connectivity index (χ4v) is 1.71. The third-order valence-corrected chi connectivity index (χ3v) is 2.35. The molecule has 0 heterocycles. The fraction of sp³-hybridized carbons (Fsp3) is 0.833. The van der Waals surface area contributed by atoms with Crippen LogP contribution in [0.3, 0.4) is 0 Å². The third kappa shape index (κ3) is 6.99. The number of nitrogens with one attached hydrogen (secondary N) is 1. The van der Waals surface area contributed by atoms with E-state index in [1.807, 2.05) is 6.92 Å². The summed E-state index contributed by atoms with van der Waals surface area (Å²) < 4.78 is 18.7. The van der Waals surface area contributed by atoms with Crippen LogP contribution in [-0.4, -0.2) is 24.5 Å².